The third-order valence-corrected chi connectivity index (χ3v) is 4.05. The molecule has 0 aromatic heterocycles. The molecule has 1 saturated heterocycles. The van der Waals surface area contributed by atoms with Crippen LogP contribution in [-0.4, -0.2) is 47.5 Å². The molecule has 0 N–H and O–H groups in total. The number of ether oxygens (including phenoxy) is 2. The first-order chi connectivity index (χ1) is 9.73. The van der Waals surface area contributed by atoms with E-state index in [1.165, 1.54) is 12.0 Å². The number of hydrogen-bond acceptors (Lipinski definition) is 5. The van der Waals surface area contributed by atoms with Gasteiger partial charge >= 0.3 is 12.1 Å². The number of hydrogen-bond donors (Lipinski definition) is 0. The second-order valence-corrected chi connectivity index (χ2v) is 6.77. The Morgan fingerprint density at radius 1 is 1.29 bits per heavy atom. The average molecular weight is 297 g/mol. The molecule has 0 spiro atoms. The molecule has 0 aromatic rings. The zero-order valence-corrected chi connectivity index (χ0v) is 13.0. The highest BCUT2D eigenvalue weighted by Crippen LogP contribution is 2.39. The summed E-state index contributed by atoms with van der Waals surface area (Å²) in [5, 5.41) is 0. The second-order valence-electron chi connectivity index (χ2n) is 6.77. The molecule has 1 aliphatic heterocycles. The van der Waals surface area contributed by atoms with Crippen LogP contribution < -0.4 is 0 Å². The largest absolute Gasteiger partial charge is 0.467 e. The van der Waals surface area contributed by atoms with E-state index in [0.29, 0.717) is 25.7 Å². The van der Waals surface area contributed by atoms with Gasteiger partial charge in [-0.2, -0.15) is 0 Å². The van der Waals surface area contributed by atoms with Crippen molar-refractivity contribution in [2.75, 3.05) is 7.11 Å². The summed E-state index contributed by atoms with van der Waals surface area (Å²) in [6.45, 7) is 5.36. The van der Waals surface area contributed by atoms with Crippen molar-refractivity contribution in [1.29, 1.82) is 0 Å². The molecule has 3 atom stereocenters. The fraction of sp³-hybridized carbons (Fsp3) is 0.800. The zero-order chi connectivity index (χ0) is 15.8. The summed E-state index contributed by atoms with van der Waals surface area (Å²) in [6.07, 6.45) is 1.45. The van der Waals surface area contributed by atoms with Gasteiger partial charge in [0.15, 0.2) is 0 Å². The van der Waals surface area contributed by atoms with E-state index in [-0.39, 0.29) is 17.7 Å². The maximum Gasteiger partial charge on any atom is 0.411 e. The van der Waals surface area contributed by atoms with Crippen molar-refractivity contribution >= 4 is 17.8 Å². The molecule has 0 bridgehead atoms. The molecule has 118 valence electrons. The fourth-order valence-corrected chi connectivity index (χ4v) is 3.24. The van der Waals surface area contributed by atoms with Crippen molar-refractivity contribution < 1.29 is 23.9 Å². The molecule has 1 aliphatic carbocycles. The lowest BCUT2D eigenvalue weighted by molar-refractivity contribution is -0.146. The molecule has 1 amide bonds. The minimum Gasteiger partial charge on any atom is -0.467 e. The van der Waals surface area contributed by atoms with Gasteiger partial charge in [-0.15, -0.1) is 0 Å². The number of esters is 1. The minimum absolute atomic E-state index is 0.0304. The van der Waals surface area contributed by atoms with Crippen LogP contribution in [0.5, 0.6) is 0 Å². The topological polar surface area (TPSA) is 72.9 Å². The van der Waals surface area contributed by atoms with Gasteiger partial charge in [0.05, 0.1) is 7.11 Å². The maximum atomic E-state index is 12.4. The van der Waals surface area contributed by atoms with E-state index >= 15 is 0 Å². The lowest BCUT2D eigenvalue weighted by Crippen LogP contribution is -2.49. The van der Waals surface area contributed by atoms with E-state index in [2.05, 4.69) is 0 Å². The Morgan fingerprint density at radius 3 is 2.52 bits per heavy atom. The Hall–Kier alpha value is -1.59. The summed E-state index contributed by atoms with van der Waals surface area (Å²) in [7, 11) is 1.31. The van der Waals surface area contributed by atoms with Gasteiger partial charge in [0.2, 0.25) is 0 Å². The molecular formula is C15H23NO5. The number of likely N-dealkylation sites (tertiary alicyclic amines) is 1. The predicted octanol–water partition coefficient (Wildman–Crippen LogP) is 1.91. The van der Waals surface area contributed by atoms with Gasteiger partial charge in [-0.05, 0) is 39.5 Å². The van der Waals surface area contributed by atoms with E-state index in [0.717, 1.165) is 0 Å². The highest BCUT2D eigenvalue weighted by molar-refractivity contribution is 5.84. The van der Waals surface area contributed by atoms with Gasteiger partial charge in [0.25, 0.3) is 0 Å². The van der Waals surface area contributed by atoms with Crippen molar-refractivity contribution in [1.82, 2.24) is 4.90 Å². The highest BCUT2D eigenvalue weighted by atomic mass is 16.6. The number of carbonyl (C=O) groups excluding carboxylic acids is 3. The predicted molar refractivity (Wildman–Crippen MR) is 74.6 cm³/mol. The Morgan fingerprint density at radius 2 is 1.95 bits per heavy atom. The van der Waals surface area contributed by atoms with Crippen molar-refractivity contribution in [2.45, 2.75) is 64.1 Å². The van der Waals surface area contributed by atoms with E-state index in [1.54, 1.807) is 20.8 Å². The molecule has 1 saturated carbocycles. The molecule has 1 heterocycles. The average Bonchev–Trinajstić information content (AvgIpc) is 2.74. The first kappa shape index (κ1) is 15.8. The zero-order valence-electron chi connectivity index (χ0n) is 13.0. The van der Waals surface area contributed by atoms with Gasteiger partial charge in [-0.1, -0.05) is 0 Å². The van der Waals surface area contributed by atoms with E-state index in [9.17, 15) is 14.4 Å². The molecule has 0 unspecified atom stereocenters. The summed E-state index contributed by atoms with van der Waals surface area (Å²) >= 11 is 0. The number of carbonyl (C=O) groups is 3. The summed E-state index contributed by atoms with van der Waals surface area (Å²) in [5.41, 5.74) is -0.625. The van der Waals surface area contributed by atoms with Crippen LogP contribution in [0.25, 0.3) is 0 Å². The number of rotatable bonds is 1. The molecule has 0 aromatic carbocycles. The summed E-state index contributed by atoms with van der Waals surface area (Å²) < 4.78 is 10.2. The van der Waals surface area contributed by atoms with E-state index < -0.39 is 23.7 Å². The Labute approximate surface area is 124 Å². The SMILES string of the molecule is COC(=O)[C@@H]1C[C@H]2CC(=O)CC[C@H]2N1C(=O)OC(C)(C)C. The van der Waals surface area contributed by atoms with Crippen LogP contribution in [-0.2, 0) is 19.1 Å². The normalized spacial score (nSPS) is 29.0. The van der Waals surface area contributed by atoms with Crippen LogP contribution in [0.4, 0.5) is 4.79 Å². The summed E-state index contributed by atoms with van der Waals surface area (Å²) in [5.74, 6) is -0.212. The first-order valence-electron chi connectivity index (χ1n) is 7.34. The van der Waals surface area contributed by atoms with Crippen molar-refractivity contribution in [3.05, 3.63) is 0 Å². The standard InChI is InChI=1S/C15H23NO5/c1-15(2,3)21-14(19)16-11-6-5-10(17)7-9(11)8-12(16)13(18)20-4/h9,11-12H,5-8H2,1-4H3/t9-,11-,12+/m1/s1. The molecule has 2 rings (SSSR count). The first-order valence-corrected chi connectivity index (χ1v) is 7.34. The third-order valence-electron chi connectivity index (χ3n) is 4.05. The highest BCUT2D eigenvalue weighted by Gasteiger charge is 2.50. The molecule has 6 heteroatoms. The maximum absolute atomic E-state index is 12.4. The van der Waals surface area contributed by atoms with Crippen LogP contribution in [0.3, 0.4) is 0 Å². The Kier molecular flexibility index (Phi) is 4.25. The summed E-state index contributed by atoms with van der Waals surface area (Å²) in [4.78, 5) is 37.5. The van der Waals surface area contributed by atoms with Crippen LogP contribution in [0.1, 0.15) is 46.5 Å². The number of amides is 1. The molecule has 2 aliphatic rings. The molecular weight excluding hydrogens is 274 g/mol. The number of nitrogens with zero attached hydrogens (tertiary/aromatic N) is 1. The number of ketones is 1. The molecule has 2 fully saturated rings. The second kappa shape index (κ2) is 5.66. The number of methoxy groups -OCH3 is 1. The van der Waals surface area contributed by atoms with Crippen LogP contribution in [0.15, 0.2) is 0 Å². The van der Waals surface area contributed by atoms with E-state index in [1.807, 2.05) is 0 Å². The molecule has 21 heavy (non-hydrogen) atoms. The lowest BCUT2D eigenvalue weighted by atomic mass is 9.84. The van der Waals surface area contributed by atoms with Gasteiger partial charge in [0.1, 0.15) is 17.4 Å². The van der Waals surface area contributed by atoms with Gasteiger partial charge in [-0.25, -0.2) is 9.59 Å². The van der Waals surface area contributed by atoms with Crippen molar-refractivity contribution in [2.24, 2.45) is 5.92 Å². The van der Waals surface area contributed by atoms with Crippen molar-refractivity contribution in [3.8, 4) is 0 Å². The fourth-order valence-electron chi connectivity index (χ4n) is 3.24. The number of fused-ring (bicyclic) bond motifs is 1. The monoisotopic (exact) mass is 297 g/mol. The smallest absolute Gasteiger partial charge is 0.411 e. The minimum atomic E-state index is -0.647. The molecule has 0 radical (unpaired) electrons. The van der Waals surface area contributed by atoms with Crippen LogP contribution >= 0.6 is 0 Å². The third kappa shape index (κ3) is 3.36. The van der Waals surface area contributed by atoms with Gasteiger partial charge < -0.3 is 9.47 Å². The molecule has 6 nitrogen and oxygen atoms in total. The van der Waals surface area contributed by atoms with Gasteiger partial charge in [0, 0.05) is 18.9 Å². The van der Waals surface area contributed by atoms with Gasteiger partial charge in [-0.3, -0.25) is 9.69 Å². The van der Waals surface area contributed by atoms with E-state index in [4.69, 9.17) is 9.47 Å². The lowest BCUT2D eigenvalue weighted by Gasteiger charge is -2.34. The quantitative estimate of drug-likeness (QED) is 0.691. The summed E-state index contributed by atoms with van der Waals surface area (Å²) in [6, 6.07) is -0.757. The van der Waals surface area contributed by atoms with Crippen LogP contribution in [0.2, 0.25) is 0 Å². The van der Waals surface area contributed by atoms with Crippen molar-refractivity contribution in [3.63, 3.8) is 0 Å². The van der Waals surface area contributed by atoms with Crippen LogP contribution in [0, 0.1) is 5.92 Å². The number of Topliss-reactive ketones (excluding diaryl/α,β-unsaturated/α-hetero) is 1. The Balaban J connectivity index is 2.22. The Bertz CT molecular complexity index is 453.